The van der Waals surface area contributed by atoms with E-state index in [-0.39, 0.29) is 5.56 Å². The molecule has 1 aromatic heterocycles. The molecule has 0 aliphatic rings. The van der Waals surface area contributed by atoms with Gasteiger partial charge in [-0.1, -0.05) is 18.2 Å². The molecule has 1 aromatic carbocycles. The van der Waals surface area contributed by atoms with Crippen molar-refractivity contribution in [2.75, 3.05) is 5.75 Å². The van der Waals surface area contributed by atoms with Crippen LogP contribution in [0.4, 0.5) is 0 Å². The Labute approximate surface area is 86.8 Å². The standard InChI is InChI=1S/C10H10N2OS/c13-10-9-4-2-1-3-8(9)7-11-12(10)5-6-14/h1-4,7,14H,5-6H2. The molecule has 72 valence electrons. The van der Waals surface area contributed by atoms with E-state index in [0.717, 1.165) is 5.39 Å². The average molecular weight is 206 g/mol. The molecule has 0 N–H and O–H groups in total. The fraction of sp³-hybridized carbons (Fsp3) is 0.200. The van der Waals surface area contributed by atoms with Crippen molar-refractivity contribution < 1.29 is 0 Å². The maximum Gasteiger partial charge on any atom is 0.274 e. The van der Waals surface area contributed by atoms with Gasteiger partial charge in [0.2, 0.25) is 0 Å². The van der Waals surface area contributed by atoms with E-state index in [0.29, 0.717) is 17.7 Å². The zero-order chi connectivity index (χ0) is 9.97. The van der Waals surface area contributed by atoms with Crippen molar-refractivity contribution in [3.05, 3.63) is 40.8 Å². The molecule has 1 heterocycles. The van der Waals surface area contributed by atoms with Gasteiger partial charge in [0.25, 0.3) is 5.56 Å². The van der Waals surface area contributed by atoms with Crippen molar-refractivity contribution in [2.24, 2.45) is 0 Å². The molecule has 14 heavy (non-hydrogen) atoms. The third kappa shape index (κ3) is 1.53. The molecule has 0 bridgehead atoms. The summed E-state index contributed by atoms with van der Waals surface area (Å²) in [5.41, 5.74) is -0.0443. The second-order valence-electron chi connectivity index (χ2n) is 2.98. The van der Waals surface area contributed by atoms with E-state index in [1.807, 2.05) is 24.3 Å². The van der Waals surface area contributed by atoms with Gasteiger partial charge in [0.15, 0.2) is 0 Å². The van der Waals surface area contributed by atoms with Crippen LogP contribution in [-0.4, -0.2) is 15.5 Å². The van der Waals surface area contributed by atoms with Crippen LogP contribution >= 0.6 is 12.6 Å². The van der Waals surface area contributed by atoms with Gasteiger partial charge in [-0.25, -0.2) is 4.68 Å². The number of nitrogens with zero attached hydrogens (tertiary/aromatic N) is 2. The lowest BCUT2D eigenvalue weighted by Crippen LogP contribution is -2.23. The molecule has 0 aliphatic heterocycles. The molecule has 0 saturated carbocycles. The predicted molar refractivity (Wildman–Crippen MR) is 59.9 cm³/mol. The summed E-state index contributed by atoms with van der Waals surface area (Å²) in [6, 6.07) is 7.45. The largest absolute Gasteiger partial charge is 0.274 e. The fourth-order valence-electron chi connectivity index (χ4n) is 1.38. The Kier molecular flexibility index (Phi) is 2.54. The first-order valence-corrected chi connectivity index (χ1v) is 5.02. The summed E-state index contributed by atoms with van der Waals surface area (Å²) >= 11 is 4.07. The van der Waals surface area contributed by atoms with Gasteiger partial charge >= 0.3 is 0 Å². The lowest BCUT2D eigenvalue weighted by atomic mass is 10.2. The summed E-state index contributed by atoms with van der Waals surface area (Å²) in [6.07, 6.45) is 1.71. The van der Waals surface area contributed by atoms with Crippen LogP contribution < -0.4 is 5.56 Å². The highest BCUT2D eigenvalue weighted by Crippen LogP contribution is 2.06. The van der Waals surface area contributed by atoms with Gasteiger partial charge in [-0.05, 0) is 6.07 Å². The van der Waals surface area contributed by atoms with E-state index in [1.54, 1.807) is 6.20 Å². The van der Waals surface area contributed by atoms with Crippen molar-refractivity contribution in [3.8, 4) is 0 Å². The zero-order valence-corrected chi connectivity index (χ0v) is 8.45. The zero-order valence-electron chi connectivity index (χ0n) is 7.55. The molecular formula is C10H10N2OS. The predicted octanol–water partition coefficient (Wildman–Crippen LogP) is 1.33. The second kappa shape index (κ2) is 3.84. The maximum atomic E-state index is 11.8. The minimum absolute atomic E-state index is 0.0443. The van der Waals surface area contributed by atoms with Gasteiger partial charge in [0.1, 0.15) is 0 Å². The van der Waals surface area contributed by atoms with Crippen molar-refractivity contribution in [2.45, 2.75) is 6.54 Å². The Morgan fingerprint density at radius 2 is 2.14 bits per heavy atom. The summed E-state index contributed by atoms with van der Waals surface area (Å²) in [4.78, 5) is 11.8. The molecule has 0 radical (unpaired) electrons. The molecule has 2 rings (SSSR count). The molecule has 0 unspecified atom stereocenters. The Balaban J connectivity index is 2.69. The highest BCUT2D eigenvalue weighted by atomic mass is 32.1. The minimum Gasteiger partial charge on any atom is -0.267 e. The Morgan fingerprint density at radius 1 is 1.36 bits per heavy atom. The Bertz CT molecular complexity index is 507. The Hall–Kier alpha value is -1.29. The molecule has 0 saturated heterocycles. The maximum absolute atomic E-state index is 11.8. The SMILES string of the molecule is O=c1c2ccccc2cnn1CCS. The van der Waals surface area contributed by atoms with Crippen molar-refractivity contribution >= 4 is 23.4 Å². The minimum atomic E-state index is -0.0443. The number of hydrogen-bond donors (Lipinski definition) is 1. The normalized spacial score (nSPS) is 10.6. The molecule has 3 nitrogen and oxygen atoms in total. The first-order valence-electron chi connectivity index (χ1n) is 4.38. The highest BCUT2D eigenvalue weighted by Gasteiger charge is 2.01. The average Bonchev–Trinajstić information content (AvgIpc) is 2.23. The number of fused-ring (bicyclic) bond motifs is 1. The van der Waals surface area contributed by atoms with Crippen LogP contribution in [-0.2, 0) is 6.54 Å². The van der Waals surface area contributed by atoms with E-state index < -0.39 is 0 Å². The number of benzene rings is 1. The van der Waals surface area contributed by atoms with Crippen LogP contribution in [0.2, 0.25) is 0 Å². The van der Waals surface area contributed by atoms with Crippen molar-refractivity contribution in [1.82, 2.24) is 9.78 Å². The van der Waals surface area contributed by atoms with E-state index in [2.05, 4.69) is 17.7 Å². The number of aryl methyl sites for hydroxylation is 1. The van der Waals surface area contributed by atoms with Crippen LogP contribution in [0.1, 0.15) is 0 Å². The van der Waals surface area contributed by atoms with Crippen molar-refractivity contribution in [3.63, 3.8) is 0 Å². The van der Waals surface area contributed by atoms with Gasteiger partial charge < -0.3 is 0 Å². The first-order chi connectivity index (χ1) is 6.83. The Morgan fingerprint density at radius 3 is 2.93 bits per heavy atom. The lowest BCUT2D eigenvalue weighted by Gasteiger charge is -2.02. The molecule has 0 fully saturated rings. The number of aromatic nitrogens is 2. The van der Waals surface area contributed by atoms with Crippen LogP contribution in [0.25, 0.3) is 10.8 Å². The van der Waals surface area contributed by atoms with Crippen LogP contribution in [0.3, 0.4) is 0 Å². The highest BCUT2D eigenvalue weighted by molar-refractivity contribution is 7.80. The summed E-state index contributed by atoms with van der Waals surface area (Å²) in [6.45, 7) is 0.548. The topological polar surface area (TPSA) is 34.9 Å². The van der Waals surface area contributed by atoms with Crippen LogP contribution in [0.15, 0.2) is 35.3 Å². The van der Waals surface area contributed by atoms with E-state index in [1.165, 1.54) is 4.68 Å². The monoisotopic (exact) mass is 206 g/mol. The molecule has 0 aliphatic carbocycles. The smallest absolute Gasteiger partial charge is 0.267 e. The summed E-state index contributed by atoms with van der Waals surface area (Å²) in [5.74, 6) is 0.616. The second-order valence-corrected chi connectivity index (χ2v) is 3.43. The van der Waals surface area contributed by atoms with Gasteiger partial charge in [-0.3, -0.25) is 4.79 Å². The molecule has 2 aromatic rings. The van der Waals surface area contributed by atoms with Crippen LogP contribution in [0, 0.1) is 0 Å². The van der Waals surface area contributed by atoms with E-state index >= 15 is 0 Å². The number of hydrogen-bond acceptors (Lipinski definition) is 3. The lowest BCUT2D eigenvalue weighted by molar-refractivity contribution is 0.630. The van der Waals surface area contributed by atoms with Crippen LogP contribution in [0.5, 0.6) is 0 Å². The van der Waals surface area contributed by atoms with Gasteiger partial charge in [0.05, 0.1) is 18.1 Å². The fourth-order valence-corrected chi connectivity index (χ4v) is 1.57. The summed E-state index contributed by atoms with van der Waals surface area (Å²) in [7, 11) is 0. The molecule has 4 heteroatoms. The summed E-state index contributed by atoms with van der Waals surface area (Å²) < 4.78 is 1.44. The van der Waals surface area contributed by atoms with E-state index in [4.69, 9.17) is 0 Å². The summed E-state index contributed by atoms with van der Waals surface area (Å²) in [5, 5.41) is 5.65. The molecule has 0 spiro atoms. The van der Waals surface area contributed by atoms with Gasteiger partial charge in [-0.15, -0.1) is 0 Å². The van der Waals surface area contributed by atoms with E-state index in [9.17, 15) is 4.79 Å². The third-order valence-corrected chi connectivity index (χ3v) is 2.27. The van der Waals surface area contributed by atoms with Gasteiger partial charge in [-0.2, -0.15) is 17.7 Å². The third-order valence-electron chi connectivity index (χ3n) is 2.07. The number of rotatable bonds is 2. The molecule has 0 atom stereocenters. The first kappa shape index (κ1) is 9.27. The quantitative estimate of drug-likeness (QED) is 0.752. The van der Waals surface area contributed by atoms with Crippen molar-refractivity contribution in [1.29, 1.82) is 0 Å². The van der Waals surface area contributed by atoms with Gasteiger partial charge in [0, 0.05) is 11.1 Å². The number of thiol groups is 1. The molecule has 0 amide bonds. The molecular weight excluding hydrogens is 196 g/mol.